The van der Waals surface area contributed by atoms with Crippen molar-refractivity contribution in [1.29, 1.82) is 0 Å². The van der Waals surface area contributed by atoms with Gasteiger partial charge in [-0.05, 0) is 56.1 Å². The molecule has 1 fully saturated rings. The van der Waals surface area contributed by atoms with Crippen LogP contribution >= 0.6 is 11.8 Å². The summed E-state index contributed by atoms with van der Waals surface area (Å²) < 4.78 is 5.58. The molecule has 1 aliphatic heterocycles. The first kappa shape index (κ1) is 14.4. The number of aryl methyl sites for hydroxylation is 1. The molecule has 0 saturated carbocycles. The van der Waals surface area contributed by atoms with Gasteiger partial charge in [0.15, 0.2) is 0 Å². The van der Waals surface area contributed by atoms with E-state index in [9.17, 15) is 4.79 Å². The van der Waals surface area contributed by atoms with Gasteiger partial charge in [0.1, 0.15) is 0 Å². The fraction of sp³-hybridized carbons (Fsp3) is 0.533. The van der Waals surface area contributed by atoms with Crippen LogP contribution in [-0.4, -0.2) is 29.5 Å². The topological polar surface area (TPSA) is 46.5 Å². The van der Waals surface area contributed by atoms with Crippen LogP contribution in [0.4, 0.5) is 0 Å². The predicted octanol–water partition coefficient (Wildman–Crippen LogP) is 3.74. The molecule has 1 unspecified atom stereocenters. The lowest BCUT2D eigenvalue weighted by Crippen LogP contribution is -2.04. The van der Waals surface area contributed by atoms with Crippen LogP contribution in [0.25, 0.3) is 0 Å². The SMILES string of the molecule is Cc1ccc(SCCCC2CCCO2)cc1C(=O)O. The second kappa shape index (κ2) is 6.96. The zero-order chi connectivity index (χ0) is 13.7. The second-order valence-corrected chi connectivity index (χ2v) is 6.08. The average Bonchev–Trinajstić information content (AvgIpc) is 2.89. The molecule has 2 rings (SSSR count). The number of carbonyl (C=O) groups is 1. The second-order valence-electron chi connectivity index (χ2n) is 4.91. The fourth-order valence-electron chi connectivity index (χ4n) is 2.29. The number of thioether (sulfide) groups is 1. The summed E-state index contributed by atoms with van der Waals surface area (Å²) in [6.07, 6.45) is 5.07. The standard InChI is InChI=1S/C15H20O3S/c1-11-6-7-13(10-14(11)15(16)17)19-9-3-5-12-4-2-8-18-12/h6-7,10,12H,2-5,8-9H2,1H3,(H,16,17). The Morgan fingerprint density at radius 3 is 3.05 bits per heavy atom. The maximum Gasteiger partial charge on any atom is 0.335 e. The van der Waals surface area contributed by atoms with Gasteiger partial charge >= 0.3 is 5.97 Å². The van der Waals surface area contributed by atoms with Gasteiger partial charge in [-0.15, -0.1) is 11.8 Å². The average molecular weight is 280 g/mol. The van der Waals surface area contributed by atoms with Crippen LogP contribution < -0.4 is 0 Å². The number of aromatic carboxylic acids is 1. The Balaban J connectivity index is 1.79. The molecule has 0 amide bonds. The number of benzene rings is 1. The van der Waals surface area contributed by atoms with Crippen LogP contribution in [0, 0.1) is 6.92 Å². The molecule has 3 nitrogen and oxygen atoms in total. The van der Waals surface area contributed by atoms with Crippen molar-refractivity contribution < 1.29 is 14.6 Å². The highest BCUT2D eigenvalue weighted by molar-refractivity contribution is 7.99. The summed E-state index contributed by atoms with van der Waals surface area (Å²) in [6.45, 7) is 2.74. The van der Waals surface area contributed by atoms with Crippen molar-refractivity contribution in [1.82, 2.24) is 0 Å². The summed E-state index contributed by atoms with van der Waals surface area (Å²) in [5, 5.41) is 9.08. The zero-order valence-corrected chi connectivity index (χ0v) is 12.0. The Labute approximate surface area is 118 Å². The van der Waals surface area contributed by atoms with Gasteiger partial charge in [0.2, 0.25) is 0 Å². The number of rotatable bonds is 6. The molecule has 0 radical (unpaired) electrons. The summed E-state index contributed by atoms with van der Waals surface area (Å²) in [5.41, 5.74) is 1.22. The van der Waals surface area contributed by atoms with Gasteiger partial charge < -0.3 is 9.84 Å². The molecule has 1 heterocycles. The minimum absolute atomic E-state index is 0.407. The molecule has 19 heavy (non-hydrogen) atoms. The van der Waals surface area contributed by atoms with Crippen LogP contribution in [0.5, 0.6) is 0 Å². The highest BCUT2D eigenvalue weighted by Gasteiger charge is 2.14. The van der Waals surface area contributed by atoms with E-state index in [2.05, 4.69) is 0 Å². The van der Waals surface area contributed by atoms with Crippen LogP contribution in [0.15, 0.2) is 23.1 Å². The lowest BCUT2D eigenvalue weighted by atomic mass is 10.1. The molecule has 1 aromatic rings. The van der Waals surface area contributed by atoms with E-state index in [4.69, 9.17) is 9.84 Å². The fourth-order valence-corrected chi connectivity index (χ4v) is 3.21. The first-order chi connectivity index (χ1) is 9.16. The number of hydrogen-bond acceptors (Lipinski definition) is 3. The van der Waals surface area contributed by atoms with Crippen molar-refractivity contribution in [3.8, 4) is 0 Å². The summed E-state index contributed by atoms with van der Waals surface area (Å²) in [4.78, 5) is 12.1. The number of hydrogen-bond donors (Lipinski definition) is 1. The maximum absolute atomic E-state index is 11.1. The Morgan fingerprint density at radius 1 is 1.53 bits per heavy atom. The Morgan fingerprint density at radius 2 is 2.37 bits per heavy atom. The Hall–Kier alpha value is -1.00. The Kier molecular flexibility index (Phi) is 5.28. The van der Waals surface area contributed by atoms with Crippen molar-refractivity contribution in [2.75, 3.05) is 12.4 Å². The van der Waals surface area contributed by atoms with Crippen molar-refractivity contribution in [2.45, 2.75) is 43.6 Å². The predicted molar refractivity (Wildman–Crippen MR) is 77.1 cm³/mol. The molecule has 0 bridgehead atoms. The van der Waals surface area contributed by atoms with E-state index in [1.165, 1.54) is 12.8 Å². The van der Waals surface area contributed by atoms with Gasteiger partial charge in [0, 0.05) is 11.5 Å². The zero-order valence-electron chi connectivity index (χ0n) is 11.2. The van der Waals surface area contributed by atoms with Crippen LogP contribution in [0.3, 0.4) is 0 Å². The van der Waals surface area contributed by atoms with E-state index in [-0.39, 0.29) is 0 Å². The maximum atomic E-state index is 11.1. The van der Waals surface area contributed by atoms with E-state index in [1.54, 1.807) is 17.8 Å². The van der Waals surface area contributed by atoms with E-state index >= 15 is 0 Å². The third-order valence-corrected chi connectivity index (χ3v) is 4.48. The summed E-state index contributed by atoms with van der Waals surface area (Å²) >= 11 is 1.73. The molecule has 104 valence electrons. The van der Waals surface area contributed by atoms with Crippen molar-refractivity contribution in [3.05, 3.63) is 29.3 Å². The van der Waals surface area contributed by atoms with E-state index < -0.39 is 5.97 Å². The molecule has 1 N–H and O–H groups in total. The molecule has 1 aliphatic rings. The summed E-state index contributed by atoms with van der Waals surface area (Å²) in [7, 11) is 0. The van der Waals surface area contributed by atoms with E-state index in [0.29, 0.717) is 11.7 Å². The summed E-state index contributed by atoms with van der Waals surface area (Å²) in [6, 6.07) is 5.65. The van der Waals surface area contributed by atoms with Gasteiger partial charge in [0.25, 0.3) is 0 Å². The number of carboxylic acid groups (broad SMARTS) is 1. The minimum atomic E-state index is -0.848. The van der Waals surface area contributed by atoms with Gasteiger partial charge in [-0.3, -0.25) is 0 Å². The van der Waals surface area contributed by atoms with Crippen LogP contribution in [0.2, 0.25) is 0 Å². The molecule has 1 atom stereocenters. The highest BCUT2D eigenvalue weighted by atomic mass is 32.2. The quantitative estimate of drug-likeness (QED) is 0.637. The van der Waals surface area contributed by atoms with Crippen LogP contribution in [-0.2, 0) is 4.74 Å². The van der Waals surface area contributed by atoms with Crippen LogP contribution in [0.1, 0.15) is 41.6 Å². The Bertz CT molecular complexity index is 439. The third kappa shape index (κ3) is 4.25. The molecular formula is C15H20O3S. The first-order valence-electron chi connectivity index (χ1n) is 6.75. The van der Waals surface area contributed by atoms with Gasteiger partial charge in [-0.1, -0.05) is 6.07 Å². The van der Waals surface area contributed by atoms with E-state index in [0.717, 1.165) is 35.7 Å². The molecule has 0 aliphatic carbocycles. The summed E-state index contributed by atoms with van der Waals surface area (Å²) in [5.74, 6) is 0.168. The number of ether oxygens (including phenoxy) is 1. The largest absolute Gasteiger partial charge is 0.478 e. The van der Waals surface area contributed by atoms with Crippen molar-refractivity contribution >= 4 is 17.7 Å². The lowest BCUT2D eigenvalue weighted by Gasteiger charge is -2.09. The third-order valence-electron chi connectivity index (χ3n) is 3.40. The molecule has 1 saturated heterocycles. The molecular weight excluding hydrogens is 260 g/mol. The monoisotopic (exact) mass is 280 g/mol. The molecule has 0 aromatic heterocycles. The smallest absolute Gasteiger partial charge is 0.335 e. The van der Waals surface area contributed by atoms with Gasteiger partial charge in [0.05, 0.1) is 11.7 Å². The highest BCUT2D eigenvalue weighted by Crippen LogP contribution is 2.24. The molecule has 4 heteroatoms. The minimum Gasteiger partial charge on any atom is -0.478 e. The van der Waals surface area contributed by atoms with E-state index in [1.807, 2.05) is 19.1 Å². The normalized spacial score (nSPS) is 18.7. The van der Waals surface area contributed by atoms with Gasteiger partial charge in [-0.2, -0.15) is 0 Å². The lowest BCUT2D eigenvalue weighted by molar-refractivity contribution is 0.0696. The molecule has 0 spiro atoms. The first-order valence-corrected chi connectivity index (χ1v) is 7.74. The van der Waals surface area contributed by atoms with Gasteiger partial charge in [-0.25, -0.2) is 4.79 Å². The number of carboxylic acids is 1. The van der Waals surface area contributed by atoms with Crippen molar-refractivity contribution in [3.63, 3.8) is 0 Å². The van der Waals surface area contributed by atoms with Crippen molar-refractivity contribution in [2.24, 2.45) is 0 Å². The molecule has 1 aromatic carbocycles.